The van der Waals surface area contributed by atoms with Crippen LogP contribution in [0.15, 0.2) is 10.6 Å². The number of hydrogen-bond donors (Lipinski definition) is 0. The van der Waals surface area contributed by atoms with Crippen molar-refractivity contribution in [3.63, 3.8) is 0 Å². The summed E-state index contributed by atoms with van der Waals surface area (Å²) in [7, 11) is 0. The molecule has 0 bridgehead atoms. The zero-order valence-corrected chi connectivity index (χ0v) is 13.5. The zero-order valence-electron chi connectivity index (χ0n) is 13.5. The number of carbonyl (C=O) groups is 1. The minimum atomic E-state index is -2.61. The Morgan fingerprint density at radius 1 is 1.38 bits per heavy atom. The highest BCUT2D eigenvalue weighted by Gasteiger charge is 2.36. The first kappa shape index (κ1) is 15.5. The number of fused-ring (bicyclic) bond motifs is 1. The third-order valence-electron chi connectivity index (χ3n) is 4.98. The number of piperidine rings is 1. The van der Waals surface area contributed by atoms with Crippen LogP contribution in [0.25, 0.3) is 11.1 Å². The van der Waals surface area contributed by atoms with E-state index in [9.17, 15) is 13.6 Å². The second-order valence-electron chi connectivity index (χ2n) is 6.78. The van der Waals surface area contributed by atoms with E-state index in [1.54, 1.807) is 6.92 Å². The van der Waals surface area contributed by atoms with E-state index in [1.165, 1.54) is 6.07 Å². The van der Waals surface area contributed by atoms with Gasteiger partial charge in [-0.05, 0) is 38.7 Å². The summed E-state index contributed by atoms with van der Waals surface area (Å²) in [5.74, 6) is 0.340. The second kappa shape index (κ2) is 5.79. The van der Waals surface area contributed by atoms with Crippen LogP contribution in [0.2, 0.25) is 0 Å². The minimum Gasteiger partial charge on any atom is -0.342 e. The Morgan fingerprint density at radius 3 is 2.88 bits per heavy atom. The van der Waals surface area contributed by atoms with Crippen molar-refractivity contribution in [3.8, 4) is 0 Å². The summed E-state index contributed by atoms with van der Waals surface area (Å²) in [6.45, 7) is 2.93. The van der Waals surface area contributed by atoms with Gasteiger partial charge in [0, 0.05) is 36.2 Å². The predicted molar refractivity (Wildman–Crippen MR) is 82.8 cm³/mol. The molecule has 1 aliphatic carbocycles. The zero-order chi connectivity index (χ0) is 16.8. The van der Waals surface area contributed by atoms with Crippen molar-refractivity contribution in [1.29, 1.82) is 0 Å². The Morgan fingerprint density at radius 2 is 2.17 bits per heavy atom. The predicted octanol–water partition coefficient (Wildman–Crippen LogP) is 3.58. The second-order valence-corrected chi connectivity index (χ2v) is 6.78. The lowest BCUT2D eigenvalue weighted by molar-refractivity contribution is -0.133. The van der Waals surface area contributed by atoms with Gasteiger partial charge < -0.3 is 9.42 Å². The molecule has 24 heavy (non-hydrogen) atoms. The summed E-state index contributed by atoms with van der Waals surface area (Å²) in [6.07, 6.45) is 1.03. The molecule has 1 amide bonds. The Hall–Kier alpha value is -2.05. The number of carbonyl (C=O) groups excluding carboxylic acids is 1. The van der Waals surface area contributed by atoms with Crippen molar-refractivity contribution in [3.05, 3.63) is 23.0 Å². The van der Waals surface area contributed by atoms with Crippen molar-refractivity contribution in [2.75, 3.05) is 13.1 Å². The average Bonchev–Trinajstić information content (AvgIpc) is 3.37. The molecule has 1 atom stereocenters. The number of aryl methyl sites for hydroxylation is 1. The van der Waals surface area contributed by atoms with E-state index in [1.807, 2.05) is 4.90 Å². The van der Waals surface area contributed by atoms with Crippen LogP contribution in [0.5, 0.6) is 0 Å². The van der Waals surface area contributed by atoms with Crippen LogP contribution in [-0.2, 0) is 4.79 Å². The third kappa shape index (κ3) is 2.65. The molecule has 1 saturated carbocycles. The van der Waals surface area contributed by atoms with Gasteiger partial charge in [-0.15, -0.1) is 0 Å². The van der Waals surface area contributed by atoms with Crippen LogP contribution < -0.4 is 0 Å². The van der Waals surface area contributed by atoms with Crippen molar-refractivity contribution in [1.82, 2.24) is 15.0 Å². The maximum absolute atomic E-state index is 13.5. The normalized spacial score (nSPS) is 21.7. The van der Waals surface area contributed by atoms with Gasteiger partial charge in [-0.2, -0.15) is 0 Å². The molecule has 0 radical (unpaired) electrons. The summed E-state index contributed by atoms with van der Waals surface area (Å²) in [5.41, 5.74) is 1.07. The molecule has 0 spiro atoms. The Balaban J connectivity index is 1.66. The van der Waals surface area contributed by atoms with E-state index >= 15 is 0 Å². The molecule has 2 aromatic heterocycles. The SMILES string of the molecule is Cc1noc2nc([C@@H]3CCCN(C(=O)C4CC4)C3)cc(C(F)F)c12. The van der Waals surface area contributed by atoms with E-state index < -0.39 is 6.43 Å². The first-order valence-electron chi connectivity index (χ1n) is 8.38. The topological polar surface area (TPSA) is 59.2 Å². The molecular weight excluding hydrogens is 316 g/mol. The largest absolute Gasteiger partial charge is 0.342 e. The maximum atomic E-state index is 13.5. The lowest BCUT2D eigenvalue weighted by Crippen LogP contribution is -2.40. The van der Waals surface area contributed by atoms with Gasteiger partial charge in [-0.25, -0.2) is 13.8 Å². The molecule has 2 aromatic rings. The molecule has 128 valence electrons. The highest BCUT2D eigenvalue weighted by Crippen LogP contribution is 2.36. The highest BCUT2D eigenvalue weighted by atomic mass is 19.3. The Bertz CT molecular complexity index is 785. The van der Waals surface area contributed by atoms with Crippen LogP contribution in [-0.4, -0.2) is 34.0 Å². The number of aromatic nitrogens is 2. The fraction of sp³-hybridized carbons (Fsp3) is 0.588. The summed E-state index contributed by atoms with van der Waals surface area (Å²) in [4.78, 5) is 18.6. The van der Waals surface area contributed by atoms with E-state index in [-0.39, 0.29) is 29.0 Å². The smallest absolute Gasteiger partial charge is 0.264 e. The van der Waals surface area contributed by atoms with E-state index in [0.717, 1.165) is 32.2 Å². The number of alkyl halides is 2. The highest BCUT2D eigenvalue weighted by molar-refractivity contribution is 5.82. The molecule has 1 saturated heterocycles. The number of likely N-dealkylation sites (tertiary alicyclic amines) is 1. The summed E-state index contributed by atoms with van der Waals surface area (Å²) in [5, 5.41) is 4.07. The Labute approximate surface area is 138 Å². The standard InChI is InChI=1S/C17H19F2N3O2/c1-9-14-12(15(18)19)7-13(20-16(14)24-21-9)11-3-2-6-22(8-11)17(23)10-4-5-10/h7,10-11,15H,2-6,8H2,1H3/t11-/m1/s1. The minimum absolute atomic E-state index is 0.0336. The third-order valence-corrected chi connectivity index (χ3v) is 4.98. The molecule has 0 aromatic carbocycles. The quantitative estimate of drug-likeness (QED) is 0.860. The summed E-state index contributed by atoms with van der Waals surface area (Å²) in [6, 6.07) is 1.47. The van der Waals surface area contributed by atoms with Crippen molar-refractivity contribution in [2.45, 2.75) is 45.0 Å². The van der Waals surface area contributed by atoms with Gasteiger partial charge in [0.1, 0.15) is 0 Å². The van der Waals surface area contributed by atoms with Crippen LogP contribution >= 0.6 is 0 Å². The fourth-order valence-electron chi connectivity index (χ4n) is 3.54. The molecule has 5 nitrogen and oxygen atoms in total. The van der Waals surface area contributed by atoms with Crippen LogP contribution in [0.1, 0.15) is 55.0 Å². The van der Waals surface area contributed by atoms with Crippen molar-refractivity contribution in [2.24, 2.45) is 5.92 Å². The van der Waals surface area contributed by atoms with Gasteiger partial charge in [0.25, 0.3) is 12.1 Å². The van der Waals surface area contributed by atoms with Gasteiger partial charge in [0.05, 0.1) is 11.1 Å². The van der Waals surface area contributed by atoms with Crippen LogP contribution in [0.3, 0.4) is 0 Å². The summed E-state index contributed by atoms with van der Waals surface area (Å²) < 4.78 is 32.0. The number of nitrogens with zero attached hydrogens (tertiary/aromatic N) is 3. The van der Waals surface area contributed by atoms with Gasteiger partial charge in [0.2, 0.25) is 5.91 Å². The molecule has 0 unspecified atom stereocenters. The molecule has 0 N–H and O–H groups in total. The van der Waals surface area contributed by atoms with E-state index in [4.69, 9.17) is 4.52 Å². The molecule has 1 aliphatic heterocycles. The lowest BCUT2D eigenvalue weighted by Gasteiger charge is -2.32. The number of rotatable bonds is 3. The monoisotopic (exact) mass is 335 g/mol. The first-order chi connectivity index (χ1) is 11.5. The van der Waals surface area contributed by atoms with Gasteiger partial charge in [0.15, 0.2) is 0 Å². The molecule has 3 heterocycles. The van der Waals surface area contributed by atoms with Gasteiger partial charge in [-0.1, -0.05) is 5.16 Å². The number of halogens is 2. The van der Waals surface area contributed by atoms with Crippen molar-refractivity contribution >= 4 is 17.0 Å². The molecule has 2 aliphatic rings. The average molecular weight is 335 g/mol. The maximum Gasteiger partial charge on any atom is 0.264 e. The number of amides is 1. The van der Waals surface area contributed by atoms with Crippen molar-refractivity contribution < 1.29 is 18.1 Å². The fourth-order valence-corrected chi connectivity index (χ4v) is 3.54. The lowest BCUT2D eigenvalue weighted by atomic mass is 9.92. The molecule has 4 rings (SSSR count). The van der Waals surface area contributed by atoms with Crippen LogP contribution in [0, 0.1) is 12.8 Å². The number of pyridine rings is 1. The number of hydrogen-bond acceptors (Lipinski definition) is 4. The molecule has 7 heteroatoms. The van der Waals surface area contributed by atoms with E-state index in [0.29, 0.717) is 23.3 Å². The van der Waals surface area contributed by atoms with Gasteiger partial charge >= 0.3 is 0 Å². The molecular formula is C17H19F2N3O2. The van der Waals surface area contributed by atoms with Gasteiger partial charge in [-0.3, -0.25) is 4.79 Å². The molecule has 2 fully saturated rings. The summed E-state index contributed by atoms with van der Waals surface area (Å²) >= 11 is 0. The van der Waals surface area contributed by atoms with E-state index in [2.05, 4.69) is 10.1 Å². The first-order valence-corrected chi connectivity index (χ1v) is 8.38. The Kier molecular flexibility index (Phi) is 3.73. The van der Waals surface area contributed by atoms with Crippen LogP contribution in [0.4, 0.5) is 8.78 Å².